The summed E-state index contributed by atoms with van der Waals surface area (Å²) in [4.78, 5) is 0. The maximum Gasteiger partial charge on any atom is 0.494 e. The van der Waals surface area contributed by atoms with Crippen LogP contribution in [-0.4, -0.2) is 18.3 Å². The van der Waals surface area contributed by atoms with Crippen LogP contribution in [0.15, 0.2) is 42.5 Å². The van der Waals surface area contributed by atoms with Gasteiger partial charge in [-0.25, -0.2) is 0 Å². The van der Waals surface area contributed by atoms with Crippen molar-refractivity contribution in [2.45, 2.75) is 38.9 Å². The van der Waals surface area contributed by atoms with Crippen LogP contribution in [0, 0.1) is 0 Å². The van der Waals surface area contributed by atoms with E-state index in [-0.39, 0.29) is 18.3 Å². The summed E-state index contributed by atoms with van der Waals surface area (Å²) in [5.41, 5.74) is 2.40. The number of hydrogen-bond donors (Lipinski definition) is 0. The molecule has 0 aromatic heterocycles. The van der Waals surface area contributed by atoms with Crippen LogP contribution in [0.2, 0.25) is 0 Å². The monoisotopic (exact) mass is 320 g/mol. The molecule has 2 aliphatic heterocycles. The lowest BCUT2D eigenvalue weighted by molar-refractivity contribution is 0.00578. The van der Waals surface area contributed by atoms with E-state index >= 15 is 0 Å². The highest BCUT2D eigenvalue weighted by Crippen LogP contribution is 2.38. The van der Waals surface area contributed by atoms with Gasteiger partial charge in [-0.1, -0.05) is 42.5 Å². The van der Waals surface area contributed by atoms with Gasteiger partial charge in [-0.05, 0) is 45.3 Å². The fraction of sp³-hybridized carbons (Fsp3) is 0.300. The number of rotatable bonds is 1. The average molecular weight is 320 g/mol. The Bertz CT molecular complexity index is 807. The van der Waals surface area contributed by atoms with Gasteiger partial charge in [0.1, 0.15) is 11.5 Å². The van der Waals surface area contributed by atoms with Crippen molar-refractivity contribution >= 4 is 24.7 Å². The van der Waals surface area contributed by atoms with Gasteiger partial charge in [0.05, 0.1) is 11.2 Å². The summed E-state index contributed by atoms with van der Waals surface area (Å²) in [6.07, 6.45) is 4.16. The zero-order valence-corrected chi connectivity index (χ0v) is 14.5. The first-order chi connectivity index (χ1) is 11.4. The Morgan fingerprint density at radius 1 is 0.750 bits per heavy atom. The summed E-state index contributed by atoms with van der Waals surface area (Å²) in [6.45, 7) is 8.25. The number of hydrogen-bond acceptors (Lipinski definition) is 3. The molecule has 0 aliphatic carbocycles. The van der Waals surface area contributed by atoms with Crippen molar-refractivity contribution in [1.82, 2.24) is 0 Å². The molecule has 1 saturated heterocycles. The minimum Gasteiger partial charge on any atom is -0.456 e. The fourth-order valence-electron chi connectivity index (χ4n) is 2.91. The lowest BCUT2D eigenvalue weighted by Gasteiger charge is -2.32. The minimum atomic E-state index is -0.383. The zero-order chi connectivity index (χ0) is 16.9. The summed E-state index contributed by atoms with van der Waals surface area (Å²) in [6, 6.07) is 14.1. The van der Waals surface area contributed by atoms with Gasteiger partial charge < -0.3 is 14.0 Å². The molecule has 4 heteroatoms. The summed E-state index contributed by atoms with van der Waals surface area (Å²) < 4.78 is 18.4. The second-order valence-electron chi connectivity index (χ2n) is 7.36. The van der Waals surface area contributed by atoms with Crippen molar-refractivity contribution in [1.29, 1.82) is 0 Å². The maximum atomic E-state index is 6.15. The molecule has 0 atom stereocenters. The van der Waals surface area contributed by atoms with E-state index in [0.717, 1.165) is 28.1 Å². The molecule has 0 unspecified atom stereocenters. The summed E-state index contributed by atoms with van der Waals surface area (Å²) in [5.74, 6) is 1.68. The van der Waals surface area contributed by atoms with E-state index in [1.165, 1.54) is 0 Å². The normalized spacial score (nSPS) is 20.1. The molecule has 122 valence electrons. The Morgan fingerprint density at radius 2 is 1.38 bits per heavy atom. The molecule has 2 aliphatic rings. The molecule has 3 nitrogen and oxygen atoms in total. The second kappa shape index (κ2) is 5.23. The fourth-order valence-corrected chi connectivity index (χ4v) is 2.91. The molecule has 1 fully saturated rings. The van der Waals surface area contributed by atoms with Crippen molar-refractivity contribution < 1.29 is 14.0 Å². The van der Waals surface area contributed by atoms with Crippen LogP contribution in [0.5, 0.6) is 11.5 Å². The maximum absolute atomic E-state index is 6.15. The summed E-state index contributed by atoms with van der Waals surface area (Å²) >= 11 is 0. The van der Waals surface area contributed by atoms with Crippen LogP contribution in [-0.2, 0) is 9.31 Å². The third-order valence-corrected chi connectivity index (χ3v) is 5.14. The average Bonchev–Trinajstić information content (AvgIpc) is 2.68. The third kappa shape index (κ3) is 2.47. The lowest BCUT2D eigenvalue weighted by Crippen LogP contribution is -2.41. The van der Waals surface area contributed by atoms with Crippen molar-refractivity contribution in [2.75, 3.05) is 0 Å². The first kappa shape index (κ1) is 15.5. The van der Waals surface area contributed by atoms with Crippen LogP contribution in [0.4, 0.5) is 0 Å². The highest BCUT2D eigenvalue weighted by Gasteiger charge is 2.51. The van der Waals surface area contributed by atoms with Crippen LogP contribution in [0.1, 0.15) is 38.8 Å². The van der Waals surface area contributed by atoms with Gasteiger partial charge in [-0.3, -0.25) is 0 Å². The smallest absolute Gasteiger partial charge is 0.456 e. The quantitative estimate of drug-likeness (QED) is 0.627. The first-order valence-corrected chi connectivity index (χ1v) is 8.30. The molecule has 2 aromatic carbocycles. The standard InChI is InChI=1S/C20H21BO3/c1-19(2)20(3,4)24-21(23-19)16-12-11-15-10-9-14-7-5-6-8-17(14)22-18(15)13-16/h5-13H,1-4H3. The summed E-state index contributed by atoms with van der Waals surface area (Å²) in [7, 11) is -0.383. The van der Waals surface area contributed by atoms with Crippen LogP contribution in [0.3, 0.4) is 0 Å². The Kier molecular flexibility index (Phi) is 3.38. The molecule has 0 saturated carbocycles. The van der Waals surface area contributed by atoms with E-state index < -0.39 is 0 Å². The number of fused-ring (bicyclic) bond motifs is 2. The predicted octanol–water partition coefficient (Wildman–Crippen LogP) is 4.26. The van der Waals surface area contributed by atoms with E-state index in [4.69, 9.17) is 14.0 Å². The van der Waals surface area contributed by atoms with Crippen molar-refractivity contribution in [3.63, 3.8) is 0 Å². The van der Waals surface area contributed by atoms with Gasteiger partial charge in [0, 0.05) is 11.1 Å². The largest absolute Gasteiger partial charge is 0.494 e. The SMILES string of the molecule is CC1(C)OB(c2ccc3c(c2)Oc2ccccc2C=C3)OC1(C)C. The molecule has 0 radical (unpaired) electrons. The highest BCUT2D eigenvalue weighted by atomic mass is 16.7. The second-order valence-corrected chi connectivity index (χ2v) is 7.36. The van der Waals surface area contributed by atoms with Gasteiger partial charge in [0.15, 0.2) is 0 Å². The lowest BCUT2D eigenvalue weighted by atomic mass is 9.78. The van der Waals surface area contributed by atoms with Crippen LogP contribution in [0.25, 0.3) is 12.2 Å². The third-order valence-electron chi connectivity index (χ3n) is 5.14. The van der Waals surface area contributed by atoms with E-state index in [1.807, 2.05) is 36.4 Å². The van der Waals surface area contributed by atoms with Gasteiger partial charge in [0.2, 0.25) is 0 Å². The predicted molar refractivity (Wildman–Crippen MR) is 97.6 cm³/mol. The van der Waals surface area contributed by atoms with Crippen LogP contribution < -0.4 is 10.2 Å². The van der Waals surface area contributed by atoms with E-state index in [2.05, 4.69) is 45.9 Å². The molecule has 0 N–H and O–H groups in total. The molecule has 24 heavy (non-hydrogen) atoms. The number of ether oxygens (including phenoxy) is 1. The van der Waals surface area contributed by atoms with Gasteiger partial charge in [-0.2, -0.15) is 0 Å². The number of para-hydroxylation sites is 1. The molecule has 0 amide bonds. The van der Waals surface area contributed by atoms with E-state index in [9.17, 15) is 0 Å². The molecule has 4 rings (SSSR count). The van der Waals surface area contributed by atoms with Crippen LogP contribution >= 0.6 is 0 Å². The van der Waals surface area contributed by atoms with Gasteiger partial charge in [0.25, 0.3) is 0 Å². The van der Waals surface area contributed by atoms with E-state index in [0.29, 0.717) is 0 Å². The molecular weight excluding hydrogens is 299 g/mol. The van der Waals surface area contributed by atoms with E-state index in [1.54, 1.807) is 0 Å². The molecule has 2 aromatic rings. The van der Waals surface area contributed by atoms with Crippen molar-refractivity contribution in [3.05, 3.63) is 53.6 Å². The Balaban J connectivity index is 1.69. The molecule has 2 heterocycles. The Morgan fingerprint density at radius 3 is 2.08 bits per heavy atom. The Hall–Kier alpha value is -2.04. The van der Waals surface area contributed by atoms with Gasteiger partial charge in [-0.15, -0.1) is 0 Å². The van der Waals surface area contributed by atoms with Gasteiger partial charge >= 0.3 is 7.12 Å². The Labute approximate surface area is 143 Å². The summed E-state index contributed by atoms with van der Waals surface area (Å²) in [5, 5.41) is 0. The zero-order valence-electron chi connectivity index (χ0n) is 14.5. The first-order valence-electron chi connectivity index (χ1n) is 8.30. The number of benzene rings is 2. The minimum absolute atomic E-state index is 0.349. The topological polar surface area (TPSA) is 27.7 Å². The molecular formula is C20H21BO3. The van der Waals surface area contributed by atoms with Crippen molar-refractivity contribution in [2.24, 2.45) is 0 Å². The molecule has 0 spiro atoms. The highest BCUT2D eigenvalue weighted by molar-refractivity contribution is 6.62. The van der Waals surface area contributed by atoms with Crippen molar-refractivity contribution in [3.8, 4) is 11.5 Å². The molecule has 0 bridgehead atoms.